The number of amides is 1. The number of ketones is 1. The predicted octanol–water partition coefficient (Wildman–Crippen LogP) is 5.84. The highest BCUT2D eigenvalue weighted by molar-refractivity contribution is 7.89. The maximum absolute atomic E-state index is 13.7. The molecule has 5 rings (SSSR count). The smallest absolute Gasteiger partial charge is 0.339 e. The van der Waals surface area contributed by atoms with Gasteiger partial charge in [0.1, 0.15) is 11.3 Å². The van der Waals surface area contributed by atoms with Crippen LogP contribution in [0.5, 0.6) is 5.75 Å². The monoisotopic (exact) mass is 669 g/mol. The van der Waals surface area contributed by atoms with Crippen molar-refractivity contribution >= 4 is 39.1 Å². The van der Waals surface area contributed by atoms with E-state index in [9.17, 15) is 33.0 Å². The van der Waals surface area contributed by atoms with E-state index in [1.54, 1.807) is 19.1 Å². The van der Waals surface area contributed by atoms with Crippen molar-refractivity contribution in [1.29, 1.82) is 0 Å². The summed E-state index contributed by atoms with van der Waals surface area (Å²) in [7, 11) is -2.64. The summed E-state index contributed by atoms with van der Waals surface area (Å²) in [6, 6.07) is 25.8. The second-order valence-corrected chi connectivity index (χ2v) is 14.2. The van der Waals surface area contributed by atoms with Crippen LogP contribution in [0, 0.1) is 6.92 Å². The maximum Gasteiger partial charge on any atom is 0.339 e. The third-order valence-corrected chi connectivity index (χ3v) is 10.7. The number of benzene rings is 4. The molecule has 0 unspecified atom stereocenters. The minimum absolute atomic E-state index is 0.0452. The highest BCUT2D eigenvalue weighted by Crippen LogP contribution is 2.32. The van der Waals surface area contributed by atoms with E-state index >= 15 is 0 Å². The Bertz CT molecular complexity index is 1900. The first-order valence-electron chi connectivity index (χ1n) is 15.7. The number of piperidine rings is 1. The van der Waals surface area contributed by atoms with E-state index in [4.69, 9.17) is 0 Å². The van der Waals surface area contributed by atoms with Crippen molar-refractivity contribution in [2.24, 2.45) is 0 Å². The van der Waals surface area contributed by atoms with Gasteiger partial charge in [0.15, 0.2) is 5.78 Å². The van der Waals surface area contributed by atoms with Gasteiger partial charge in [0.25, 0.3) is 0 Å². The fraction of sp³-hybridized carbons (Fsp3) is 0.270. The van der Waals surface area contributed by atoms with E-state index in [1.807, 2.05) is 55.5 Å². The Kier molecular flexibility index (Phi) is 10.3. The summed E-state index contributed by atoms with van der Waals surface area (Å²) >= 11 is 0. The lowest BCUT2D eigenvalue weighted by Crippen LogP contribution is -2.41. The molecule has 11 heteroatoms. The summed E-state index contributed by atoms with van der Waals surface area (Å²) in [4.78, 5) is 40.6. The number of rotatable bonds is 11. The summed E-state index contributed by atoms with van der Waals surface area (Å²) in [5.41, 5.74) is 4.57. The molecule has 0 radical (unpaired) electrons. The number of Topliss-reactive ketones (excluding diaryl/α,β-unsaturated/α-hetero) is 1. The standard InChI is InChI=1S/C37H39N3O7S/c1-25-4-15-33(16-5-25)48(46,47)38(3)24-36(43)40(32-14-17-34(37(44)45)35(42)22-32)23-27-6-8-29(9-7-27)30-18-20-39(21-19-30)31-12-10-28(11-13-31)26(2)41/h4-17,22,30,42H,18-21,23-24H2,1-3H3,(H,44,45). The average Bonchev–Trinajstić information content (AvgIpc) is 3.07. The number of anilines is 2. The number of phenols is 1. The van der Waals surface area contributed by atoms with E-state index in [0.29, 0.717) is 11.5 Å². The summed E-state index contributed by atoms with van der Waals surface area (Å²) in [6.45, 7) is 4.75. The van der Waals surface area contributed by atoms with E-state index in [-0.39, 0.29) is 28.5 Å². The number of carbonyl (C=O) groups excluding carboxylic acids is 2. The van der Waals surface area contributed by atoms with Crippen molar-refractivity contribution in [2.45, 2.75) is 44.0 Å². The lowest BCUT2D eigenvalue weighted by Gasteiger charge is -2.34. The van der Waals surface area contributed by atoms with Crippen LogP contribution in [-0.4, -0.2) is 67.3 Å². The van der Waals surface area contributed by atoms with E-state index < -0.39 is 34.2 Å². The first-order valence-corrected chi connectivity index (χ1v) is 17.1. The summed E-state index contributed by atoms with van der Waals surface area (Å²) in [5.74, 6) is -1.97. The number of carboxylic acids is 1. The normalized spacial score (nSPS) is 13.8. The van der Waals surface area contributed by atoms with Crippen molar-refractivity contribution in [3.63, 3.8) is 0 Å². The van der Waals surface area contributed by atoms with Gasteiger partial charge in [-0.05, 0) is 92.3 Å². The molecular weight excluding hydrogens is 630 g/mol. The molecule has 0 atom stereocenters. The first-order chi connectivity index (χ1) is 22.8. The van der Waals surface area contributed by atoms with Crippen LogP contribution in [0.25, 0.3) is 0 Å². The van der Waals surface area contributed by atoms with Gasteiger partial charge >= 0.3 is 5.97 Å². The lowest BCUT2D eigenvalue weighted by molar-refractivity contribution is -0.118. The molecular formula is C37H39N3O7S. The molecule has 0 saturated carbocycles. The van der Waals surface area contributed by atoms with Crippen LogP contribution in [0.1, 0.15) is 63.1 Å². The minimum atomic E-state index is -3.97. The molecule has 1 aliphatic rings. The second kappa shape index (κ2) is 14.4. The average molecular weight is 670 g/mol. The van der Waals surface area contributed by atoms with Gasteiger partial charge in [-0.2, -0.15) is 4.31 Å². The molecule has 2 N–H and O–H groups in total. The zero-order valence-corrected chi connectivity index (χ0v) is 28.0. The molecule has 4 aromatic carbocycles. The van der Waals surface area contributed by atoms with E-state index in [1.165, 1.54) is 47.8 Å². The van der Waals surface area contributed by atoms with Crippen molar-refractivity contribution in [1.82, 2.24) is 4.31 Å². The molecule has 1 fully saturated rings. The number of carboxylic acid groups (broad SMARTS) is 1. The Morgan fingerprint density at radius 1 is 0.875 bits per heavy atom. The van der Waals surface area contributed by atoms with Crippen molar-refractivity contribution in [3.05, 3.63) is 119 Å². The van der Waals surface area contributed by atoms with Crippen LogP contribution in [0.3, 0.4) is 0 Å². The Morgan fingerprint density at radius 3 is 2.06 bits per heavy atom. The van der Waals surface area contributed by atoms with Crippen molar-refractivity contribution < 1.29 is 33.0 Å². The summed E-state index contributed by atoms with van der Waals surface area (Å²) in [6.07, 6.45) is 1.91. The van der Waals surface area contributed by atoms with Gasteiger partial charge in [0, 0.05) is 43.1 Å². The van der Waals surface area contributed by atoms with Gasteiger partial charge in [-0.15, -0.1) is 0 Å². The Balaban J connectivity index is 1.31. The van der Waals surface area contributed by atoms with Gasteiger partial charge in [-0.1, -0.05) is 42.0 Å². The predicted molar refractivity (Wildman–Crippen MR) is 184 cm³/mol. The molecule has 0 aliphatic carbocycles. The van der Waals surface area contributed by atoms with Crippen LogP contribution in [0.4, 0.5) is 11.4 Å². The number of aromatic carboxylic acids is 1. The second-order valence-electron chi connectivity index (χ2n) is 12.2. The van der Waals surface area contributed by atoms with Crippen LogP contribution >= 0.6 is 0 Å². The molecule has 0 bridgehead atoms. The molecule has 10 nitrogen and oxygen atoms in total. The van der Waals surface area contributed by atoms with Crippen LogP contribution in [0.2, 0.25) is 0 Å². The fourth-order valence-electron chi connectivity index (χ4n) is 5.90. The van der Waals surface area contributed by atoms with Crippen molar-refractivity contribution in [3.8, 4) is 5.75 Å². The fourth-order valence-corrected chi connectivity index (χ4v) is 7.02. The molecule has 1 aliphatic heterocycles. The number of hydrogen-bond donors (Lipinski definition) is 2. The lowest BCUT2D eigenvalue weighted by atomic mass is 9.88. The Labute approximate surface area is 280 Å². The number of likely N-dealkylation sites (N-methyl/N-ethyl adjacent to an activating group) is 1. The number of aromatic hydroxyl groups is 1. The molecule has 0 spiro atoms. The quantitative estimate of drug-likeness (QED) is 0.190. The van der Waals surface area contributed by atoms with Crippen molar-refractivity contribution in [2.75, 3.05) is 36.5 Å². The zero-order chi connectivity index (χ0) is 34.6. The number of sulfonamides is 1. The van der Waals surface area contributed by atoms with Gasteiger partial charge in [0.2, 0.25) is 15.9 Å². The molecule has 1 amide bonds. The first kappa shape index (κ1) is 34.3. The minimum Gasteiger partial charge on any atom is -0.507 e. The Hall–Kier alpha value is -5.00. The molecule has 250 valence electrons. The van der Waals surface area contributed by atoms with Gasteiger partial charge < -0.3 is 20.0 Å². The molecule has 1 heterocycles. The van der Waals surface area contributed by atoms with Crippen LogP contribution in [0.15, 0.2) is 95.9 Å². The number of carbonyl (C=O) groups is 3. The SMILES string of the molecule is CC(=O)c1ccc(N2CCC(c3ccc(CN(C(=O)CN(C)S(=O)(=O)c4ccc(C)cc4)c4ccc(C(=O)O)c(O)c4)cc3)CC2)cc1. The summed E-state index contributed by atoms with van der Waals surface area (Å²) < 4.78 is 27.4. The molecule has 1 saturated heterocycles. The van der Waals surface area contributed by atoms with Crippen LogP contribution < -0.4 is 9.80 Å². The zero-order valence-electron chi connectivity index (χ0n) is 27.2. The maximum atomic E-state index is 13.7. The Morgan fingerprint density at radius 2 is 1.50 bits per heavy atom. The number of nitrogens with zero attached hydrogens (tertiary/aromatic N) is 3. The van der Waals surface area contributed by atoms with Gasteiger partial charge in [-0.25, -0.2) is 13.2 Å². The topological polar surface area (TPSA) is 136 Å². The van der Waals surface area contributed by atoms with Gasteiger partial charge in [0.05, 0.1) is 18.0 Å². The third kappa shape index (κ3) is 7.75. The van der Waals surface area contributed by atoms with Crippen LogP contribution in [-0.2, 0) is 21.4 Å². The third-order valence-electron chi connectivity index (χ3n) is 8.84. The van der Waals surface area contributed by atoms with Gasteiger partial charge in [-0.3, -0.25) is 9.59 Å². The molecule has 48 heavy (non-hydrogen) atoms. The van der Waals surface area contributed by atoms with E-state index in [2.05, 4.69) is 4.90 Å². The highest BCUT2D eigenvalue weighted by Gasteiger charge is 2.27. The highest BCUT2D eigenvalue weighted by atomic mass is 32.2. The number of hydrogen-bond acceptors (Lipinski definition) is 7. The largest absolute Gasteiger partial charge is 0.507 e. The molecule has 4 aromatic rings. The number of aryl methyl sites for hydroxylation is 1. The molecule has 0 aromatic heterocycles. The van der Waals surface area contributed by atoms with E-state index in [0.717, 1.165) is 47.1 Å². The summed E-state index contributed by atoms with van der Waals surface area (Å²) in [5, 5.41) is 19.8.